The Morgan fingerprint density at radius 3 is 2.31 bits per heavy atom. The van der Waals surface area contributed by atoms with Crippen molar-refractivity contribution in [2.45, 2.75) is 32.2 Å². The molecule has 0 rings (SSSR count). The number of rotatable bonds is 6. The van der Waals surface area contributed by atoms with Crippen LogP contribution in [0.1, 0.15) is 13.8 Å². The van der Waals surface area contributed by atoms with Crippen LogP contribution in [0.15, 0.2) is 0 Å². The quantitative estimate of drug-likeness (QED) is 0.665. The molecule has 0 aromatic heterocycles. The minimum Gasteiger partial charge on any atom is -0.461 e. The van der Waals surface area contributed by atoms with Crippen LogP contribution in [0.25, 0.3) is 0 Å². The predicted octanol–water partition coefficient (Wildman–Crippen LogP) is 1.53. The summed E-state index contributed by atoms with van der Waals surface area (Å²) in [5, 5.41) is 0. The monoisotopic (exact) mass is 244 g/mol. The van der Waals surface area contributed by atoms with Crippen molar-refractivity contribution in [2.75, 3.05) is 20.3 Å². The molecule has 2 unspecified atom stereocenters. The van der Waals surface area contributed by atoms with E-state index >= 15 is 0 Å². The van der Waals surface area contributed by atoms with Crippen molar-refractivity contribution in [3.63, 3.8) is 0 Å². The molecule has 0 spiro atoms. The molecule has 96 valence electrons. The van der Waals surface area contributed by atoms with Crippen LogP contribution in [0.2, 0.25) is 0 Å². The van der Waals surface area contributed by atoms with Gasteiger partial charge in [-0.25, -0.2) is 4.79 Å². The molecule has 0 saturated carbocycles. The van der Waals surface area contributed by atoms with E-state index in [-0.39, 0.29) is 12.7 Å². The average molecular weight is 244 g/mol. The molecule has 0 amide bonds. The lowest BCUT2D eigenvalue weighted by Gasteiger charge is -2.15. The van der Waals surface area contributed by atoms with Crippen molar-refractivity contribution in [3.05, 3.63) is 0 Å². The number of ether oxygens (including phenoxy) is 3. The number of alkyl halides is 3. The minimum absolute atomic E-state index is 0.0188. The Labute approximate surface area is 91.7 Å². The van der Waals surface area contributed by atoms with Gasteiger partial charge in [-0.3, -0.25) is 0 Å². The van der Waals surface area contributed by atoms with Crippen LogP contribution < -0.4 is 0 Å². The van der Waals surface area contributed by atoms with Crippen molar-refractivity contribution in [1.29, 1.82) is 0 Å². The fourth-order valence-corrected chi connectivity index (χ4v) is 0.672. The van der Waals surface area contributed by atoms with E-state index in [1.807, 2.05) is 0 Å². The smallest absolute Gasteiger partial charge is 0.411 e. The van der Waals surface area contributed by atoms with Gasteiger partial charge in [-0.1, -0.05) is 0 Å². The van der Waals surface area contributed by atoms with Gasteiger partial charge in [0.15, 0.2) is 6.10 Å². The Morgan fingerprint density at radius 1 is 1.31 bits per heavy atom. The second-order valence-corrected chi connectivity index (χ2v) is 3.24. The zero-order valence-electron chi connectivity index (χ0n) is 9.34. The van der Waals surface area contributed by atoms with Crippen molar-refractivity contribution < 1.29 is 32.2 Å². The fourth-order valence-electron chi connectivity index (χ4n) is 0.672. The van der Waals surface area contributed by atoms with Crippen molar-refractivity contribution in [1.82, 2.24) is 0 Å². The first-order chi connectivity index (χ1) is 7.26. The number of hydrogen-bond donors (Lipinski definition) is 0. The Balaban J connectivity index is 3.82. The second kappa shape index (κ2) is 6.70. The van der Waals surface area contributed by atoms with Crippen LogP contribution >= 0.6 is 0 Å². The summed E-state index contributed by atoms with van der Waals surface area (Å²) in [7, 11) is 1.43. The van der Waals surface area contributed by atoms with E-state index in [9.17, 15) is 18.0 Å². The lowest BCUT2D eigenvalue weighted by atomic mass is 10.4. The summed E-state index contributed by atoms with van der Waals surface area (Å²) in [5.74, 6) is -0.840. The molecule has 0 N–H and O–H groups in total. The maximum atomic E-state index is 11.8. The Hall–Kier alpha value is -0.820. The van der Waals surface area contributed by atoms with Crippen molar-refractivity contribution >= 4 is 5.97 Å². The molecule has 7 heteroatoms. The number of carbonyl (C=O) groups excluding carboxylic acids is 1. The number of carbonyl (C=O) groups is 1. The van der Waals surface area contributed by atoms with Gasteiger partial charge in [-0.15, -0.1) is 0 Å². The molecule has 0 aliphatic carbocycles. The predicted molar refractivity (Wildman–Crippen MR) is 48.9 cm³/mol. The SMILES string of the molecule is COC(C)COC(=O)C(C)OCC(F)(F)F. The van der Waals surface area contributed by atoms with Gasteiger partial charge >= 0.3 is 12.1 Å². The normalized spacial score (nSPS) is 15.6. The van der Waals surface area contributed by atoms with Gasteiger partial charge in [-0.05, 0) is 13.8 Å². The molecule has 0 saturated heterocycles. The standard InChI is InChI=1S/C9H15F3O4/c1-6(14-3)4-15-8(13)7(2)16-5-9(10,11)12/h6-7H,4-5H2,1-3H3. The average Bonchev–Trinajstić information content (AvgIpc) is 2.20. The fraction of sp³-hybridized carbons (Fsp3) is 0.889. The number of esters is 1. The van der Waals surface area contributed by atoms with E-state index in [2.05, 4.69) is 9.47 Å². The molecule has 0 aliphatic heterocycles. The van der Waals surface area contributed by atoms with Crippen LogP contribution in [0.3, 0.4) is 0 Å². The summed E-state index contributed by atoms with van der Waals surface area (Å²) in [6.45, 7) is 1.37. The summed E-state index contributed by atoms with van der Waals surface area (Å²) >= 11 is 0. The Morgan fingerprint density at radius 2 is 1.88 bits per heavy atom. The molecule has 0 aliphatic rings. The molecule has 0 aromatic rings. The van der Waals surface area contributed by atoms with Crippen molar-refractivity contribution in [3.8, 4) is 0 Å². The van der Waals surface area contributed by atoms with Gasteiger partial charge in [0.05, 0.1) is 6.10 Å². The number of halogens is 3. The first-order valence-corrected chi connectivity index (χ1v) is 4.64. The van der Waals surface area contributed by atoms with Gasteiger partial charge < -0.3 is 14.2 Å². The molecule has 2 atom stereocenters. The lowest BCUT2D eigenvalue weighted by molar-refractivity contribution is -0.193. The zero-order valence-corrected chi connectivity index (χ0v) is 9.34. The van der Waals surface area contributed by atoms with E-state index in [1.165, 1.54) is 14.0 Å². The third-order valence-corrected chi connectivity index (χ3v) is 1.69. The van der Waals surface area contributed by atoms with Crippen LogP contribution in [0.5, 0.6) is 0 Å². The van der Waals surface area contributed by atoms with Gasteiger partial charge in [0, 0.05) is 7.11 Å². The third-order valence-electron chi connectivity index (χ3n) is 1.69. The van der Waals surface area contributed by atoms with E-state index in [1.54, 1.807) is 6.92 Å². The molecule has 0 radical (unpaired) electrons. The molecule has 16 heavy (non-hydrogen) atoms. The van der Waals surface area contributed by atoms with E-state index in [0.717, 1.165) is 0 Å². The number of methoxy groups -OCH3 is 1. The van der Waals surface area contributed by atoms with Gasteiger partial charge in [0.25, 0.3) is 0 Å². The third kappa shape index (κ3) is 7.47. The second-order valence-electron chi connectivity index (χ2n) is 3.24. The van der Waals surface area contributed by atoms with Gasteiger partial charge in [0.1, 0.15) is 13.2 Å². The summed E-state index contributed by atoms with van der Waals surface area (Å²) in [5.41, 5.74) is 0. The number of hydrogen-bond acceptors (Lipinski definition) is 4. The highest BCUT2D eigenvalue weighted by Crippen LogP contribution is 2.15. The molecular weight excluding hydrogens is 229 g/mol. The summed E-state index contributed by atoms with van der Waals surface area (Å²) < 4.78 is 49.0. The van der Waals surface area contributed by atoms with Gasteiger partial charge in [0.2, 0.25) is 0 Å². The maximum Gasteiger partial charge on any atom is 0.411 e. The molecule has 0 aromatic carbocycles. The van der Waals surface area contributed by atoms with E-state index in [4.69, 9.17) is 4.74 Å². The maximum absolute atomic E-state index is 11.8. The minimum atomic E-state index is -4.45. The first kappa shape index (κ1) is 15.2. The Kier molecular flexibility index (Phi) is 6.35. The highest BCUT2D eigenvalue weighted by atomic mass is 19.4. The lowest BCUT2D eigenvalue weighted by Crippen LogP contribution is -2.30. The largest absolute Gasteiger partial charge is 0.461 e. The summed E-state index contributed by atoms with van der Waals surface area (Å²) in [6.07, 6.45) is -6.00. The van der Waals surface area contributed by atoms with Crippen LogP contribution in [0.4, 0.5) is 13.2 Å². The molecule has 0 fully saturated rings. The molecule has 0 heterocycles. The van der Waals surface area contributed by atoms with Gasteiger partial charge in [-0.2, -0.15) is 13.2 Å². The van der Waals surface area contributed by atoms with Crippen LogP contribution in [-0.2, 0) is 19.0 Å². The molecule has 0 bridgehead atoms. The van der Waals surface area contributed by atoms with Crippen LogP contribution in [0, 0.1) is 0 Å². The van der Waals surface area contributed by atoms with E-state index in [0.29, 0.717) is 0 Å². The molecular formula is C9H15F3O4. The first-order valence-electron chi connectivity index (χ1n) is 4.64. The Bertz CT molecular complexity index is 217. The highest BCUT2D eigenvalue weighted by Gasteiger charge is 2.30. The van der Waals surface area contributed by atoms with Crippen molar-refractivity contribution in [2.24, 2.45) is 0 Å². The molecule has 4 nitrogen and oxygen atoms in total. The summed E-state index contributed by atoms with van der Waals surface area (Å²) in [6, 6.07) is 0. The zero-order chi connectivity index (χ0) is 12.8. The van der Waals surface area contributed by atoms with E-state index < -0.39 is 24.9 Å². The topological polar surface area (TPSA) is 44.8 Å². The summed E-state index contributed by atoms with van der Waals surface area (Å²) in [4.78, 5) is 11.1. The van der Waals surface area contributed by atoms with Crippen LogP contribution in [-0.4, -0.2) is 44.7 Å². The highest BCUT2D eigenvalue weighted by molar-refractivity contribution is 5.74.